The molecule has 0 spiro atoms. The fraction of sp³-hybridized carbons (Fsp3) is 0.438. The summed E-state index contributed by atoms with van der Waals surface area (Å²) in [7, 11) is 0. The summed E-state index contributed by atoms with van der Waals surface area (Å²) in [5, 5.41) is 12.8. The number of benzene rings is 2. The number of rotatable bonds is 2. The third kappa shape index (κ3) is 5.66. The van der Waals surface area contributed by atoms with Crippen LogP contribution in [0.2, 0.25) is 0 Å². The van der Waals surface area contributed by atoms with Gasteiger partial charge < -0.3 is 10.1 Å². The van der Waals surface area contributed by atoms with Crippen molar-refractivity contribution >= 4 is 16.6 Å². The van der Waals surface area contributed by atoms with Crippen molar-refractivity contribution in [3.05, 3.63) is 77.7 Å². The zero-order valence-electron chi connectivity index (χ0n) is 22.3. The Hall–Kier alpha value is -2.29. The number of carbonyl (C=O) groups excluding carboxylic acids is 1. The first kappa shape index (κ1) is 28.3. The molecule has 0 amide bonds. The van der Waals surface area contributed by atoms with E-state index in [1.165, 1.54) is 16.3 Å². The molecule has 0 bridgehead atoms. The number of hydrogen-bond acceptors (Lipinski definition) is 3. The van der Waals surface area contributed by atoms with Crippen molar-refractivity contribution in [2.75, 3.05) is 0 Å². The van der Waals surface area contributed by atoms with Gasteiger partial charge in [0.05, 0.1) is 0 Å². The molecule has 5 rings (SSSR count). The predicted octanol–water partition coefficient (Wildman–Crippen LogP) is 8.45. The first-order valence-electron chi connectivity index (χ1n) is 12.9. The summed E-state index contributed by atoms with van der Waals surface area (Å²) in [4.78, 5) is 16.9. The van der Waals surface area contributed by atoms with Crippen molar-refractivity contribution < 1.29 is 30.0 Å². The molecular formula is C32H38IrNO2-. The van der Waals surface area contributed by atoms with Gasteiger partial charge in [-0.25, -0.2) is 0 Å². The van der Waals surface area contributed by atoms with Gasteiger partial charge >= 0.3 is 0 Å². The Morgan fingerprint density at radius 3 is 2.33 bits per heavy atom. The second kappa shape index (κ2) is 11.0. The van der Waals surface area contributed by atoms with E-state index in [-0.39, 0.29) is 36.7 Å². The number of Topliss-reactive ketones (excluding diaryl/α,β-unsaturated/α-hetero) is 1. The van der Waals surface area contributed by atoms with Crippen LogP contribution in [0.15, 0.2) is 66.1 Å². The number of allylic oxidation sites excluding steroid dienone is 2. The molecule has 1 fully saturated rings. The molecular weight excluding hydrogens is 623 g/mol. The summed E-state index contributed by atoms with van der Waals surface area (Å²) in [5.74, 6) is 1.36. The summed E-state index contributed by atoms with van der Waals surface area (Å²) in [6, 6.07) is 19.8. The molecule has 2 aliphatic carbocycles. The van der Waals surface area contributed by atoms with E-state index in [1.54, 1.807) is 0 Å². The molecule has 3 aromatic rings. The second-order valence-electron chi connectivity index (χ2n) is 11.7. The quantitative estimate of drug-likeness (QED) is 0.281. The van der Waals surface area contributed by atoms with Gasteiger partial charge in [-0.3, -0.25) is 4.79 Å². The standard InChI is InChI=1S/C18H16N.C14H22O2.Ir/c1-13(2)16-10-6-9-15-12-19-18(11-17(15)16)14-7-4-3-5-8-14;1-13(2)7-5-9-6-8-14(3,4)12(16)10(9)11(13)15;/h3-7,9-13H,1-2H3;9,15H,5-8H2,1-4H3;/q-1;;. The number of fused-ring (bicyclic) bond motifs is 2. The molecule has 2 aromatic carbocycles. The van der Waals surface area contributed by atoms with Crippen molar-refractivity contribution in [1.82, 2.24) is 4.98 Å². The number of aromatic nitrogens is 1. The van der Waals surface area contributed by atoms with Crippen LogP contribution in [0.3, 0.4) is 0 Å². The zero-order chi connectivity index (χ0) is 25.4. The van der Waals surface area contributed by atoms with Crippen LogP contribution >= 0.6 is 0 Å². The van der Waals surface area contributed by atoms with Crippen molar-refractivity contribution in [3.63, 3.8) is 0 Å². The number of hydrogen-bond donors (Lipinski definition) is 1. The molecule has 193 valence electrons. The molecule has 1 aromatic heterocycles. The second-order valence-corrected chi connectivity index (χ2v) is 11.7. The third-order valence-corrected chi connectivity index (χ3v) is 7.80. The van der Waals surface area contributed by atoms with Gasteiger partial charge in [0.25, 0.3) is 0 Å². The fourth-order valence-electron chi connectivity index (χ4n) is 5.35. The van der Waals surface area contributed by atoms with E-state index < -0.39 is 0 Å². The summed E-state index contributed by atoms with van der Waals surface area (Å²) in [5.41, 5.74) is 3.65. The monoisotopic (exact) mass is 661 g/mol. The van der Waals surface area contributed by atoms with Crippen LogP contribution in [-0.4, -0.2) is 15.9 Å². The van der Waals surface area contributed by atoms with Crippen molar-refractivity contribution in [2.45, 2.75) is 73.1 Å². The molecule has 0 aliphatic heterocycles. The van der Waals surface area contributed by atoms with Crippen LogP contribution in [0.4, 0.5) is 0 Å². The van der Waals surface area contributed by atoms with Gasteiger partial charge in [0.15, 0.2) is 5.78 Å². The van der Waals surface area contributed by atoms with E-state index in [0.29, 0.717) is 17.6 Å². The van der Waals surface area contributed by atoms with Crippen LogP contribution in [0.1, 0.15) is 78.7 Å². The molecule has 1 atom stereocenters. The van der Waals surface area contributed by atoms with E-state index in [9.17, 15) is 9.90 Å². The van der Waals surface area contributed by atoms with E-state index in [1.807, 2.05) is 58.2 Å². The Kier molecular flexibility index (Phi) is 8.63. The molecule has 3 nitrogen and oxygen atoms in total. The first-order chi connectivity index (χ1) is 16.5. The minimum absolute atomic E-state index is 0. The Morgan fingerprint density at radius 2 is 1.69 bits per heavy atom. The summed E-state index contributed by atoms with van der Waals surface area (Å²) in [6.07, 6.45) is 5.99. The molecule has 0 saturated heterocycles. The SMILES string of the molecule is CC(C)c1cccc2cnc(-c3[c-]cccc3)cc12.CC1(C)CCC2CCC(C)(C)C(O)=C2C1=O.[Ir]. The smallest absolute Gasteiger partial charge is 0.168 e. The van der Waals surface area contributed by atoms with Gasteiger partial charge in [0, 0.05) is 42.7 Å². The van der Waals surface area contributed by atoms with Crippen LogP contribution in [0, 0.1) is 22.8 Å². The van der Waals surface area contributed by atoms with Crippen LogP contribution in [-0.2, 0) is 24.9 Å². The topological polar surface area (TPSA) is 50.2 Å². The third-order valence-electron chi connectivity index (χ3n) is 7.80. The van der Waals surface area contributed by atoms with Crippen LogP contribution in [0.25, 0.3) is 22.0 Å². The van der Waals surface area contributed by atoms with E-state index >= 15 is 0 Å². The van der Waals surface area contributed by atoms with Crippen molar-refractivity contribution in [1.29, 1.82) is 0 Å². The average Bonchev–Trinajstić information content (AvgIpc) is 2.84. The molecule has 1 radical (unpaired) electrons. The number of ketones is 1. The van der Waals surface area contributed by atoms with E-state index in [2.05, 4.69) is 49.2 Å². The van der Waals surface area contributed by atoms with E-state index in [4.69, 9.17) is 0 Å². The maximum Gasteiger partial charge on any atom is 0.168 e. The number of nitrogens with zero attached hydrogens (tertiary/aromatic N) is 1. The van der Waals surface area contributed by atoms with E-state index in [0.717, 1.165) is 42.5 Å². The van der Waals surface area contributed by atoms with Crippen LogP contribution < -0.4 is 0 Å². The minimum Gasteiger partial charge on any atom is -0.511 e. The maximum atomic E-state index is 12.4. The zero-order valence-corrected chi connectivity index (χ0v) is 24.7. The fourth-order valence-corrected chi connectivity index (χ4v) is 5.35. The largest absolute Gasteiger partial charge is 0.511 e. The number of aliphatic hydroxyl groups excluding tert-OH is 1. The first-order valence-corrected chi connectivity index (χ1v) is 12.9. The van der Waals surface area contributed by atoms with Gasteiger partial charge in [-0.15, -0.1) is 35.9 Å². The van der Waals surface area contributed by atoms with Crippen molar-refractivity contribution in [3.8, 4) is 11.3 Å². The maximum absolute atomic E-state index is 12.4. The molecule has 36 heavy (non-hydrogen) atoms. The number of carbonyl (C=O) groups is 1. The predicted molar refractivity (Wildman–Crippen MR) is 144 cm³/mol. The van der Waals surface area contributed by atoms with Crippen LogP contribution in [0.5, 0.6) is 0 Å². The Balaban J connectivity index is 0.000000198. The van der Waals surface area contributed by atoms with Gasteiger partial charge in [0.2, 0.25) is 0 Å². The van der Waals surface area contributed by atoms with Gasteiger partial charge in [0.1, 0.15) is 5.76 Å². The molecule has 2 aliphatic rings. The molecule has 1 heterocycles. The normalized spacial score (nSPS) is 20.3. The van der Waals surface area contributed by atoms with Gasteiger partial charge in [-0.2, -0.15) is 0 Å². The molecule has 1 unspecified atom stereocenters. The summed E-state index contributed by atoms with van der Waals surface area (Å²) >= 11 is 0. The molecule has 4 heteroatoms. The van der Waals surface area contributed by atoms with Crippen molar-refractivity contribution in [2.24, 2.45) is 16.7 Å². The Labute approximate surface area is 229 Å². The summed E-state index contributed by atoms with van der Waals surface area (Å²) in [6.45, 7) is 12.5. The number of aliphatic hydroxyl groups is 1. The minimum atomic E-state index is -0.284. The summed E-state index contributed by atoms with van der Waals surface area (Å²) < 4.78 is 0. The van der Waals surface area contributed by atoms with Gasteiger partial charge in [-0.05, 0) is 59.5 Å². The van der Waals surface area contributed by atoms with Gasteiger partial charge in [-0.1, -0.05) is 65.8 Å². The molecule has 1 N–H and O–H groups in total. The Morgan fingerprint density at radius 1 is 1.00 bits per heavy atom. The number of pyridine rings is 1. The Bertz CT molecular complexity index is 1260. The molecule has 1 saturated carbocycles. The average molecular weight is 661 g/mol.